The monoisotopic (exact) mass is 330 g/mol. The molecule has 7 nitrogen and oxygen atoms in total. The third-order valence-electron chi connectivity index (χ3n) is 4.15. The van der Waals surface area contributed by atoms with Gasteiger partial charge in [0.25, 0.3) is 0 Å². The fraction of sp³-hybridized carbons (Fsp3) is 0.467. The predicted octanol–water partition coefficient (Wildman–Crippen LogP) is 2.07. The highest BCUT2D eigenvalue weighted by Crippen LogP contribution is 2.38. The van der Waals surface area contributed by atoms with E-state index < -0.39 is 0 Å². The molecule has 2 N–H and O–H groups in total. The minimum Gasteiger partial charge on any atom is -0.354 e. The van der Waals surface area contributed by atoms with Gasteiger partial charge in [0.1, 0.15) is 0 Å². The van der Waals surface area contributed by atoms with Crippen molar-refractivity contribution >= 4 is 28.3 Å². The van der Waals surface area contributed by atoms with E-state index in [2.05, 4.69) is 42.8 Å². The fourth-order valence-corrected chi connectivity index (χ4v) is 3.17. The lowest BCUT2D eigenvalue weighted by molar-refractivity contribution is 0.248. The minimum atomic E-state index is -0.202. The van der Waals surface area contributed by atoms with E-state index in [4.69, 9.17) is 0 Å². The number of hydrogen-bond acceptors (Lipinski definition) is 6. The molecule has 2 fully saturated rings. The molecule has 0 radical (unpaired) electrons. The molecule has 2 aliphatic rings. The van der Waals surface area contributed by atoms with Gasteiger partial charge in [0.2, 0.25) is 0 Å². The average molecular weight is 330 g/mol. The van der Waals surface area contributed by atoms with Gasteiger partial charge >= 0.3 is 6.03 Å². The standard InChI is InChI=1S/C15H18N6OS/c22-14(18-15-16-5-6-23-15)17-7-10-8-21(9-10)13-4-3-12(19-20-13)11-1-2-11/h3-6,10-11H,1-2,7-9H2,(H2,16,17,18,22). The molecule has 0 aromatic carbocycles. The lowest BCUT2D eigenvalue weighted by Crippen LogP contribution is -2.52. The smallest absolute Gasteiger partial charge is 0.321 e. The maximum absolute atomic E-state index is 11.7. The normalized spacial score (nSPS) is 17.7. The van der Waals surface area contributed by atoms with Gasteiger partial charge in [0.05, 0.1) is 5.69 Å². The van der Waals surface area contributed by atoms with Crippen LogP contribution in [0.2, 0.25) is 0 Å². The Hall–Kier alpha value is -2.22. The largest absolute Gasteiger partial charge is 0.354 e. The molecule has 1 aliphatic heterocycles. The second-order valence-electron chi connectivity index (χ2n) is 6.03. The van der Waals surface area contributed by atoms with Crippen molar-refractivity contribution < 1.29 is 4.79 Å². The van der Waals surface area contributed by atoms with Crippen LogP contribution in [-0.4, -0.2) is 40.8 Å². The third-order valence-corrected chi connectivity index (χ3v) is 4.84. The van der Waals surface area contributed by atoms with Crippen molar-refractivity contribution in [3.63, 3.8) is 0 Å². The van der Waals surface area contributed by atoms with Gasteiger partial charge in [-0.2, -0.15) is 5.10 Å². The molecule has 2 aromatic heterocycles. The molecule has 4 rings (SSSR count). The Morgan fingerprint density at radius 3 is 2.83 bits per heavy atom. The molecule has 2 amide bonds. The summed E-state index contributed by atoms with van der Waals surface area (Å²) in [6, 6.07) is 3.94. The number of aromatic nitrogens is 3. The minimum absolute atomic E-state index is 0.202. The van der Waals surface area contributed by atoms with E-state index in [9.17, 15) is 4.79 Å². The number of amides is 2. The number of rotatable bonds is 5. The Morgan fingerprint density at radius 2 is 2.17 bits per heavy atom. The maximum atomic E-state index is 11.7. The second kappa shape index (κ2) is 6.11. The van der Waals surface area contributed by atoms with Gasteiger partial charge in [-0.3, -0.25) is 5.32 Å². The molecule has 120 valence electrons. The van der Waals surface area contributed by atoms with E-state index in [0.717, 1.165) is 24.6 Å². The molecule has 0 spiro atoms. The molecule has 1 aliphatic carbocycles. The van der Waals surface area contributed by atoms with E-state index in [1.54, 1.807) is 6.20 Å². The van der Waals surface area contributed by atoms with Crippen LogP contribution < -0.4 is 15.5 Å². The van der Waals surface area contributed by atoms with Crippen LogP contribution in [0.4, 0.5) is 15.7 Å². The van der Waals surface area contributed by atoms with Crippen LogP contribution in [0, 0.1) is 5.92 Å². The van der Waals surface area contributed by atoms with E-state index in [1.807, 2.05) is 5.38 Å². The molecular formula is C15H18N6OS. The van der Waals surface area contributed by atoms with E-state index in [-0.39, 0.29) is 6.03 Å². The zero-order chi connectivity index (χ0) is 15.6. The van der Waals surface area contributed by atoms with Crippen molar-refractivity contribution in [3.05, 3.63) is 29.4 Å². The number of nitrogens with one attached hydrogen (secondary N) is 2. The van der Waals surface area contributed by atoms with Crippen LogP contribution in [0.25, 0.3) is 0 Å². The maximum Gasteiger partial charge on any atom is 0.321 e. The number of urea groups is 1. The van der Waals surface area contributed by atoms with Crippen LogP contribution in [-0.2, 0) is 0 Å². The van der Waals surface area contributed by atoms with Gasteiger partial charge in [-0.15, -0.1) is 16.4 Å². The third kappa shape index (κ3) is 3.42. The lowest BCUT2D eigenvalue weighted by Gasteiger charge is -2.39. The molecule has 0 atom stereocenters. The number of nitrogens with zero attached hydrogens (tertiary/aromatic N) is 4. The predicted molar refractivity (Wildman–Crippen MR) is 88.8 cm³/mol. The Kier molecular flexibility index (Phi) is 3.82. The van der Waals surface area contributed by atoms with Crippen LogP contribution in [0.3, 0.4) is 0 Å². The van der Waals surface area contributed by atoms with Gasteiger partial charge in [-0.25, -0.2) is 9.78 Å². The van der Waals surface area contributed by atoms with Crippen molar-refractivity contribution in [2.75, 3.05) is 29.9 Å². The lowest BCUT2D eigenvalue weighted by atomic mass is 10.0. The number of hydrogen-bond donors (Lipinski definition) is 2. The van der Waals surface area contributed by atoms with Gasteiger partial charge in [0, 0.05) is 43.0 Å². The summed E-state index contributed by atoms with van der Waals surface area (Å²) >= 11 is 1.40. The van der Waals surface area contributed by atoms with Crippen LogP contribution >= 0.6 is 11.3 Å². The second-order valence-corrected chi connectivity index (χ2v) is 6.93. The molecule has 1 saturated carbocycles. The van der Waals surface area contributed by atoms with Gasteiger partial charge in [0.15, 0.2) is 10.9 Å². The molecule has 0 bridgehead atoms. The summed E-state index contributed by atoms with van der Waals surface area (Å²) < 4.78 is 0. The molecular weight excluding hydrogens is 312 g/mol. The molecule has 1 saturated heterocycles. The SMILES string of the molecule is O=C(NCC1CN(c2ccc(C3CC3)nn2)C1)Nc1nccs1. The first-order valence-electron chi connectivity index (χ1n) is 7.81. The zero-order valence-electron chi connectivity index (χ0n) is 12.6. The quantitative estimate of drug-likeness (QED) is 0.877. The Labute approximate surface area is 138 Å². The number of thiazole rings is 1. The highest BCUT2D eigenvalue weighted by Gasteiger charge is 2.29. The molecule has 3 heterocycles. The summed E-state index contributed by atoms with van der Waals surface area (Å²) in [5.74, 6) is 2.01. The number of anilines is 2. The summed E-state index contributed by atoms with van der Waals surface area (Å²) in [7, 11) is 0. The average Bonchev–Trinajstić information content (AvgIpc) is 3.25. The Balaban J connectivity index is 1.20. The molecule has 0 unspecified atom stereocenters. The summed E-state index contributed by atoms with van der Waals surface area (Å²) in [4.78, 5) is 17.9. The van der Waals surface area contributed by atoms with Crippen LogP contribution in [0.15, 0.2) is 23.7 Å². The Morgan fingerprint density at radius 1 is 1.30 bits per heavy atom. The van der Waals surface area contributed by atoms with Crippen molar-refractivity contribution in [3.8, 4) is 0 Å². The summed E-state index contributed by atoms with van der Waals surface area (Å²) in [6.07, 6.45) is 4.16. The highest BCUT2D eigenvalue weighted by atomic mass is 32.1. The highest BCUT2D eigenvalue weighted by molar-refractivity contribution is 7.13. The first-order valence-corrected chi connectivity index (χ1v) is 8.69. The van der Waals surface area contributed by atoms with Crippen molar-refractivity contribution in [1.29, 1.82) is 0 Å². The molecule has 8 heteroatoms. The van der Waals surface area contributed by atoms with Crippen LogP contribution in [0.5, 0.6) is 0 Å². The van der Waals surface area contributed by atoms with Gasteiger partial charge in [-0.05, 0) is 25.0 Å². The number of carbonyl (C=O) groups excluding carboxylic acids is 1. The van der Waals surface area contributed by atoms with E-state index in [1.165, 1.54) is 24.2 Å². The first-order chi connectivity index (χ1) is 11.3. The van der Waals surface area contributed by atoms with Crippen molar-refractivity contribution in [2.45, 2.75) is 18.8 Å². The summed E-state index contributed by atoms with van der Waals surface area (Å²) in [5, 5.41) is 16.7. The van der Waals surface area contributed by atoms with Gasteiger partial charge < -0.3 is 10.2 Å². The topological polar surface area (TPSA) is 83.0 Å². The molecule has 2 aromatic rings. The van der Waals surface area contributed by atoms with Crippen molar-refractivity contribution in [2.24, 2.45) is 5.92 Å². The Bertz CT molecular complexity index is 664. The van der Waals surface area contributed by atoms with E-state index in [0.29, 0.717) is 23.5 Å². The van der Waals surface area contributed by atoms with E-state index >= 15 is 0 Å². The van der Waals surface area contributed by atoms with Crippen LogP contribution in [0.1, 0.15) is 24.5 Å². The zero-order valence-corrected chi connectivity index (χ0v) is 13.4. The first kappa shape index (κ1) is 14.4. The van der Waals surface area contributed by atoms with Crippen molar-refractivity contribution in [1.82, 2.24) is 20.5 Å². The fourth-order valence-electron chi connectivity index (χ4n) is 2.65. The molecule has 23 heavy (non-hydrogen) atoms. The summed E-state index contributed by atoms with van der Waals surface area (Å²) in [5.41, 5.74) is 1.12. The van der Waals surface area contributed by atoms with Gasteiger partial charge in [-0.1, -0.05) is 0 Å². The summed E-state index contributed by atoms with van der Waals surface area (Å²) in [6.45, 7) is 2.45. The number of carbonyl (C=O) groups is 1.